The summed E-state index contributed by atoms with van der Waals surface area (Å²) in [5.41, 5.74) is 5.22. The van der Waals surface area contributed by atoms with Crippen molar-refractivity contribution < 1.29 is 9.53 Å². The maximum Gasteiger partial charge on any atom is 0.261 e. The number of carbonyl (C=O) groups excluding carboxylic acids is 1. The number of ketones is 1. The Bertz CT molecular complexity index is 1350. The van der Waals surface area contributed by atoms with Gasteiger partial charge in [-0.2, -0.15) is 0 Å². The van der Waals surface area contributed by atoms with Crippen molar-refractivity contribution in [2.45, 2.75) is 40.3 Å². The largest absolute Gasteiger partial charge is 0.497 e. The number of Topliss-reactive ketones (excluding diaryl/α,β-unsaturated/α-hetero) is 1. The lowest BCUT2D eigenvalue weighted by Gasteiger charge is -2.11. The molecule has 0 aliphatic rings. The van der Waals surface area contributed by atoms with Crippen molar-refractivity contribution in [2.24, 2.45) is 0 Å². The van der Waals surface area contributed by atoms with E-state index in [0.29, 0.717) is 16.5 Å². The second-order valence-electron chi connectivity index (χ2n) is 8.11. The molecule has 164 valence electrons. The van der Waals surface area contributed by atoms with E-state index in [-0.39, 0.29) is 17.9 Å². The number of hydrogen-bond acceptors (Lipinski definition) is 4. The van der Waals surface area contributed by atoms with Gasteiger partial charge in [-0.15, -0.1) is 0 Å². The van der Waals surface area contributed by atoms with Crippen LogP contribution in [0.5, 0.6) is 5.75 Å². The number of nitrogens with zero attached hydrogens (tertiary/aromatic N) is 3. The van der Waals surface area contributed by atoms with Crippen molar-refractivity contribution in [2.75, 3.05) is 7.11 Å². The summed E-state index contributed by atoms with van der Waals surface area (Å²) in [4.78, 5) is 30.4. The van der Waals surface area contributed by atoms with Crippen LogP contribution in [0.1, 0.15) is 32.9 Å². The minimum absolute atomic E-state index is 0.0293. The first-order valence-electron chi connectivity index (χ1n) is 10.7. The highest BCUT2D eigenvalue weighted by atomic mass is 16.5. The molecule has 32 heavy (non-hydrogen) atoms. The molecule has 0 spiro atoms. The van der Waals surface area contributed by atoms with Crippen LogP contribution in [0, 0.1) is 20.8 Å². The molecule has 0 N–H and O–H groups in total. The highest BCUT2D eigenvalue weighted by Crippen LogP contribution is 2.19. The Labute approximate surface area is 187 Å². The number of para-hydroxylation sites is 1. The molecule has 0 atom stereocenters. The number of hydrogen-bond donors (Lipinski definition) is 0. The highest BCUT2D eigenvalue weighted by Gasteiger charge is 2.17. The van der Waals surface area contributed by atoms with E-state index in [4.69, 9.17) is 4.74 Å². The van der Waals surface area contributed by atoms with Gasteiger partial charge in [-0.25, -0.2) is 4.98 Å². The van der Waals surface area contributed by atoms with Gasteiger partial charge in [0.2, 0.25) is 0 Å². The third kappa shape index (κ3) is 4.08. The van der Waals surface area contributed by atoms with E-state index in [2.05, 4.69) is 21.7 Å². The van der Waals surface area contributed by atoms with Gasteiger partial charge in [0.05, 0.1) is 30.9 Å². The van der Waals surface area contributed by atoms with Crippen LogP contribution >= 0.6 is 0 Å². The van der Waals surface area contributed by atoms with Gasteiger partial charge in [0.25, 0.3) is 5.56 Å². The minimum atomic E-state index is -0.194. The van der Waals surface area contributed by atoms with E-state index in [1.807, 2.05) is 51.1 Å². The molecule has 2 aromatic heterocycles. The van der Waals surface area contributed by atoms with Gasteiger partial charge in [0.15, 0.2) is 5.78 Å². The SMILES string of the molecule is COc1ccc(CCn2c(C)cc(C(=O)Cn3cnc4c(C)cccc4c3=O)c2C)cc1. The second-order valence-corrected chi connectivity index (χ2v) is 8.11. The minimum Gasteiger partial charge on any atom is -0.497 e. The predicted octanol–water partition coefficient (Wildman–Crippen LogP) is 4.26. The Kier molecular flexibility index (Phi) is 5.95. The van der Waals surface area contributed by atoms with Gasteiger partial charge in [0, 0.05) is 23.5 Å². The molecular formula is C26H27N3O3. The molecule has 4 aromatic rings. The zero-order chi connectivity index (χ0) is 22.8. The number of aryl methyl sites for hydroxylation is 3. The standard InChI is InChI=1S/C26H27N3O3/c1-17-6-5-7-22-25(17)27-16-28(26(22)31)15-24(30)23-14-18(2)29(19(23)3)13-12-20-8-10-21(32-4)11-9-20/h5-11,14,16H,12-13,15H2,1-4H3. The zero-order valence-corrected chi connectivity index (χ0v) is 18.9. The molecule has 4 rings (SSSR count). The number of fused-ring (bicyclic) bond motifs is 1. The fraction of sp³-hybridized carbons (Fsp3) is 0.269. The number of carbonyl (C=O) groups is 1. The van der Waals surface area contributed by atoms with Crippen LogP contribution in [0.15, 0.2) is 59.7 Å². The molecule has 0 bridgehead atoms. The lowest BCUT2D eigenvalue weighted by Crippen LogP contribution is -2.25. The fourth-order valence-corrected chi connectivity index (χ4v) is 4.15. The molecule has 0 aliphatic heterocycles. The molecule has 0 saturated carbocycles. The summed E-state index contributed by atoms with van der Waals surface area (Å²) in [6, 6.07) is 15.4. The van der Waals surface area contributed by atoms with E-state index < -0.39 is 0 Å². The number of rotatable bonds is 7. The Balaban J connectivity index is 1.54. The number of aromatic nitrogens is 3. The number of benzene rings is 2. The zero-order valence-electron chi connectivity index (χ0n) is 18.9. The second kappa shape index (κ2) is 8.83. The molecule has 0 amide bonds. The van der Waals surface area contributed by atoms with Gasteiger partial charge in [-0.3, -0.25) is 14.2 Å². The Morgan fingerprint density at radius 2 is 1.81 bits per heavy atom. The predicted molar refractivity (Wildman–Crippen MR) is 126 cm³/mol. The van der Waals surface area contributed by atoms with Crippen molar-refractivity contribution >= 4 is 16.7 Å². The summed E-state index contributed by atoms with van der Waals surface area (Å²) in [5.74, 6) is 0.744. The van der Waals surface area contributed by atoms with Gasteiger partial charge < -0.3 is 9.30 Å². The Hall–Kier alpha value is -3.67. The number of ether oxygens (including phenoxy) is 1. The quantitative estimate of drug-likeness (QED) is 0.412. The van der Waals surface area contributed by atoms with Crippen molar-refractivity contribution in [1.29, 1.82) is 0 Å². The van der Waals surface area contributed by atoms with E-state index in [0.717, 1.165) is 35.7 Å². The summed E-state index contributed by atoms with van der Waals surface area (Å²) in [7, 11) is 1.66. The third-order valence-electron chi connectivity index (χ3n) is 6.03. The summed E-state index contributed by atoms with van der Waals surface area (Å²) in [5, 5.41) is 0.533. The molecule has 0 aliphatic carbocycles. The first-order valence-corrected chi connectivity index (χ1v) is 10.7. The van der Waals surface area contributed by atoms with Crippen LogP contribution in [-0.4, -0.2) is 27.0 Å². The summed E-state index contributed by atoms with van der Waals surface area (Å²) >= 11 is 0. The third-order valence-corrected chi connectivity index (χ3v) is 6.03. The Morgan fingerprint density at radius 1 is 1.06 bits per heavy atom. The molecule has 0 unspecified atom stereocenters. The molecule has 2 aromatic carbocycles. The van der Waals surface area contributed by atoms with Crippen LogP contribution in [0.25, 0.3) is 10.9 Å². The lowest BCUT2D eigenvalue weighted by molar-refractivity contribution is 0.0970. The van der Waals surface area contributed by atoms with E-state index in [1.54, 1.807) is 13.2 Å². The summed E-state index contributed by atoms with van der Waals surface area (Å²) in [6.45, 7) is 6.63. The molecule has 2 heterocycles. The van der Waals surface area contributed by atoms with Crippen molar-refractivity contribution in [3.63, 3.8) is 0 Å². The van der Waals surface area contributed by atoms with Crippen LogP contribution in [-0.2, 0) is 19.5 Å². The van der Waals surface area contributed by atoms with Crippen molar-refractivity contribution in [3.8, 4) is 5.75 Å². The monoisotopic (exact) mass is 429 g/mol. The van der Waals surface area contributed by atoms with E-state index in [1.165, 1.54) is 16.5 Å². The average molecular weight is 430 g/mol. The fourth-order valence-electron chi connectivity index (χ4n) is 4.15. The highest BCUT2D eigenvalue weighted by molar-refractivity contribution is 5.97. The molecular weight excluding hydrogens is 402 g/mol. The molecule has 0 radical (unpaired) electrons. The van der Waals surface area contributed by atoms with Crippen LogP contribution < -0.4 is 10.3 Å². The topological polar surface area (TPSA) is 66.1 Å². The van der Waals surface area contributed by atoms with Crippen LogP contribution in [0.2, 0.25) is 0 Å². The summed E-state index contributed by atoms with van der Waals surface area (Å²) in [6.07, 6.45) is 2.32. The lowest BCUT2D eigenvalue weighted by atomic mass is 10.1. The van der Waals surface area contributed by atoms with Crippen molar-refractivity contribution in [1.82, 2.24) is 14.1 Å². The van der Waals surface area contributed by atoms with Gasteiger partial charge in [-0.05, 0) is 62.6 Å². The van der Waals surface area contributed by atoms with Crippen LogP contribution in [0.4, 0.5) is 0 Å². The molecule has 0 fully saturated rings. The Morgan fingerprint density at radius 3 is 2.53 bits per heavy atom. The maximum atomic E-state index is 13.1. The first kappa shape index (κ1) is 21.6. The average Bonchev–Trinajstić information content (AvgIpc) is 3.08. The first-order chi connectivity index (χ1) is 15.4. The van der Waals surface area contributed by atoms with Crippen molar-refractivity contribution in [3.05, 3.63) is 93.3 Å². The maximum absolute atomic E-state index is 13.1. The molecule has 6 nitrogen and oxygen atoms in total. The smallest absolute Gasteiger partial charge is 0.261 e. The molecule has 6 heteroatoms. The normalized spacial score (nSPS) is 11.1. The van der Waals surface area contributed by atoms with Gasteiger partial charge >= 0.3 is 0 Å². The van der Waals surface area contributed by atoms with Gasteiger partial charge in [0.1, 0.15) is 5.75 Å². The van der Waals surface area contributed by atoms with Gasteiger partial charge in [-0.1, -0.05) is 24.3 Å². The number of methoxy groups -OCH3 is 1. The molecule has 0 saturated heterocycles. The van der Waals surface area contributed by atoms with E-state index in [9.17, 15) is 9.59 Å². The van der Waals surface area contributed by atoms with Crippen LogP contribution in [0.3, 0.4) is 0 Å². The van der Waals surface area contributed by atoms with E-state index >= 15 is 0 Å². The summed E-state index contributed by atoms with van der Waals surface area (Å²) < 4.78 is 8.77.